The Morgan fingerprint density at radius 3 is 2.59 bits per heavy atom. The number of aryl methyl sites for hydroxylation is 1. The van der Waals surface area contributed by atoms with Crippen molar-refractivity contribution in [1.82, 2.24) is 30.6 Å². The second kappa shape index (κ2) is 9.52. The highest BCUT2D eigenvalue weighted by atomic mass is 16.2. The Bertz CT molecular complexity index is 997. The highest BCUT2D eigenvalue weighted by molar-refractivity contribution is 5.96. The van der Waals surface area contributed by atoms with Crippen molar-refractivity contribution in [1.29, 1.82) is 0 Å². The van der Waals surface area contributed by atoms with Crippen molar-refractivity contribution in [3.8, 4) is 5.69 Å². The van der Waals surface area contributed by atoms with Crippen LogP contribution in [0, 0.1) is 13.8 Å². The van der Waals surface area contributed by atoms with Gasteiger partial charge in [-0.25, -0.2) is 9.48 Å². The van der Waals surface area contributed by atoms with Gasteiger partial charge in [0.15, 0.2) is 0 Å². The van der Waals surface area contributed by atoms with E-state index in [0.717, 1.165) is 48.3 Å². The molecule has 1 aliphatic heterocycles. The molecule has 4 rings (SSSR count). The number of para-hydroxylation sites is 1. The summed E-state index contributed by atoms with van der Waals surface area (Å²) in [6.07, 6.45) is 4.08. The summed E-state index contributed by atoms with van der Waals surface area (Å²) in [4.78, 5) is 39.5. The number of benzene rings is 1. The maximum Gasteiger partial charge on any atom is 0.321 e. The number of nitrogens with zero attached hydrogens (tertiary/aromatic N) is 3. The van der Waals surface area contributed by atoms with Crippen molar-refractivity contribution < 1.29 is 14.4 Å². The second-order valence-electron chi connectivity index (χ2n) is 8.50. The van der Waals surface area contributed by atoms with E-state index in [1.54, 1.807) is 0 Å². The predicted molar refractivity (Wildman–Crippen MR) is 119 cm³/mol. The number of rotatable bonds is 5. The fourth-order valence-corrected chi connectivity index (χ4v) is 4.71. The minimum absolute atomic E-state index is 0.0500. The van der Waals surface area contributed by atoms with E-state index in [9.17, 15) is 14.4 Å². The third-order valence-electron chi connectivity index (χ3n) is 6.22. The molecule has 1 aromatic heterocycles. The van der Waals surface area contributed by atoms with Crippen molar-refractivity contribution >= 4 is 17.8 Å². The monoisotopic (exact) mass is 438 g/mol. The van der Waals surface area contributed by atoms with Gasteiger partial charge in [0.1, 0.15) is 6.04 Å². The van der Waals surface area contributed by atoms with Crippen LogP contribution in [-0.4, -0.2) is 58.2 Å². The molecule has 0 radical (unpaired) electrons. The molecule has 0 spiro atoms. The van der Waals surface area contributed by atoms with Gasteiger partial charge in [0.2, 0.25) is 11.8 Å². The van der Waals surface area contributed by atoms with Crippen LogP contribution in [0.4, 0.5) is 4.79 Å². The fraction of sp³-hybridized carbons (Fsp3) is 0.478. The quantitative estimate of drug-likeness (QED) is 0.659. The van der Waals surface area contributed by atoms with Crippen molar-refractivity contribution in [2.75, 3.05) is 19.6 Å². The topological polar surface area (TPSA) is 108 Å². The maximum absolute atomic E-state index is 12.9. The van der Waals surface area contributed by atoms with Crippen LogP contribution in [-0.2, 0) is 9.59 Å². The Hall–Kier alpha value is -3.20. The highest BCUT2D eigenvalue weighted by Crippen LogP contribution is 2.30. The molecule has 9 heteroatoms. The van der Waals surface area contributed by atoms with Crippen LogP contribution in [0.5, 0.6) is 0 Å². The van der Waals surface area contributed by atoms with E-state index in [2.05, 4.69) is 21.0 Å². The number of nitrogens with one attached hydrogen (secondary N) is 3. The molecule has 1 aliphatic carbocycles. The Morgan fingerprint density at radius 1 is 1.16 bits per heavy atom. The van der Waals surface area contributed by atoms with Gasteiger partial charge in [-0.15, -0.1) is 0 Å². The molecule has 2 aliphatic rings. The number of aromatic nitrogens is 2. The molecule has 9 nitrogen and oxygen atoms in total. The first kappa shape index (κ1) is 22.0. The number of carbonyl (C=O) groups is 3. The SMILES string of the molecule is Cc1nn(-c2ccccc2)c(C)c1C1C(=O)NCCN1CC(=O)NC(=O)NC1CCCC1. The van der Waals surface area contributed by atoms with Crippen LogP contribution in [0.25, 0.3) is 5.69 Å². The molecule has 0 bridgehead atoms. The van der Waals surface area contributed by atoms with Gasteiger partial charge in [-0.1, -0.05) is 31.0 Å². The van der Waals surface area contributed by atoms with E-state index >= 15 is 0 Å². The smallest absolute Gasteiger partial charge is 0.321 e. The van der Waals surface area contributed by atoms with E-state index in [4.69, 9.17) is 0 Å². The highest BCUT2D eigenvalue weighted by Gasteiger charge is 2.36. The summed E-state index contributed by atoms with van der Waals surface area (Å²) in [7, 11) is 0. The van der Waals surface area contributed by atoms with Crippen molar-refractivity contribution in [2.24, 2.45) is 0 Å². The third kappa shape index (κ3) is 4.67. The van der Waals surface area contributed by atoms with Gasteiger partial charge < -0.3 is 10.6 Å². The summed E-state index contributed by atoms with van der Waals surface area (Å²) in [5, 5.41) is 12.8. The fourth-order valence-electron chi connectivity index (χ4n) is 4.71. The van der Waals surface area contributed by atoms with Gasteiger partial charge in [0, 0.05) is 30.4 Å². The summed E-state index contributed by atoms with van der Waals surface area (Å²) >= 11 is 0. The van der Waals surface area contributed by atoms with Crippen LogP contribution in [0.1, 0.15) is 48.7 Å². The first-order valence-electron chi connectivity index (χ1n) is 11.2. The zero-order valence-electron chi connectivity index (χ0n) is 18.6. The van der Waals surface area contributed by atoms with Crippen LogP contribution in [0.3, 0.4) is 0 Å². The maximum atomic E-state index is 12.9. The number of hydrogen-bond acceptors (Lipinski definition) is 5. The second-order valence-corrected chi connectivity index (χ2v) is 8.50. The first-order chi connectivity index (χ1) is 15.4. The molecular weight excluding hydrogens is 408 g/mol. The molecule has 32 heavy (non-hydrogen) atoms. The summed E-state index contributed by atoms with van der Waals surface area (Å²) in [6.45, 7) is 4.70. The number of urea groups is 1. The molecule has 4 amide bonds. The molecule has 2 aromatic rings. The van der Waals surface area contributed by atoms with Crippen LogP contribution < -0.4 is 16.0 Å². The Labute approximate surface area is 187 Å². The Kier molecular flexibility index (Phi) is 6.55. The van der Waals surface area contributed by atoms with Gasteiger partial charge in [-0.3, -0.25) is 19.8 Å². The lowest BCUT2D eigenvalue weighted by molar-refractivity contribution is -0.131. The van der Waals surface area contributed by atoms with Crippen LogP contribution in [0.2, 0.25) is 0 Å². The number of piperazine rings is 1. The predicted octanol–water partition coefficient (Wildman–Crippen LogP) is 1.73. The molecule has 3 N–H and O–H groups in total. The third-order valence-corrected chi connectivity index (χ3v) is 6.22. The molecule has 170 valence electrons. The summed E-state index contributed by atoms with van der Waals surface area (Å²) < 4.78 is 1.82. The minimum Gasteiger partial charge on any atom is -0.353 e. The largest absolute Gasteiger partial charge is 0.353 e. The van der Waals surface area contributed by atoms with E-state index in [-0.39, 0.29) is 18.5 Å². The Morgan fingerprint density at radius 2 is 1.88 bits per heavy atom. The van der Waals surface area contributed by atoms with Crippen molar-refractivity contribution in [3.63, 3.8) is 0 Å². The van der Waals surface area contributed by atoms with Crippen LogP contribution >= 0.6 is 0 Å². The first-order valence-corrected chi connectivity index (χ1v) is 11.2. The lowest BCUT2D eigenvalue weighted by atomic mass is 10.00. The average molecular weight is 439 g/mol. The zero-order chi connectivity index (χ0) is 22.7. The number of imide groups is 1. The van der Waals surface area contributed by atoms with Crippen molar-refractivity contribution in [2.45, 2.75) is 51.6 Å². The zero-order valence-corrected chi connectivity index (χ0v) is 18.6. The molecule has 2 fully saturated rings. The van der Waals surface area contributed by atoms with Gasteiger partial charge in [-0.2, -0.15) is 5.10 Å². The standard InChI is InChI=1S/C23H30N6O3/c1-15-20(16(2)29(27-15)18-10-4-3-5-11-18)21-22(31)24-12-13-28(21)14-19(30)26-23(32)25-17-8-6-7-9-17/h3-5,10-11,17,21H,6-9,12-14H2,1-2H3,(H,24,31)(H2,25,26,30,32). The lowest BCUT2D eigenvalue weighted by Crippen LogP contribution is -2.54. The summed E-state index contributed by atoms with van der Waals surface area (Å²) in [6, 6.07) is 8.74. The molecule has 1 saturated heterocycles. The van der Waals surface area contributed by atoms with Gasteiger partial charge in [-0.05, 0) is 38.8 Å². The van der Waals surface area contributed by atoms with E-state index < -0.39 is 18.0 Å². The number of carbonyl (C=O) groups excluding carboxylic acids is 3. The minimum atomic E-state index is -0.648. The molecule has 1 unspecified atom stereocenters. The van der Waals surface area contributed by atoms with Gasteiger partial charge in [0.25, 0.3) is 0 Å². The molecular formula is C23H30N6O3. The summed E-state index contributed by atoms with van der Waals surface area (Å²) in [5.41, 5.74) is 3.27. The lowest BCUT2D eigenvalue weighted by Gasteiger charge is -2.34. The van der Waals surface area contributed by atoms with Crippen LogP contribution in [0.15, 0.2) is 30.3 Å². The summed E-state index contributed by atoms with van der Waals surface area (Å²) in [5.74, 6) is -0.593. The molecule has 1 saturated carbocycles. The molecule has 1 atom stereocenters. The van der Waals surface area contributed by atoms with Gasteiger partial charge >= 0.3 is 6.03 Å². The average Bonchev–Trinajstić information content (AvgIpc) is 3.37. The van der Waals surface area contributed by atoms with E-state index in [1.807, 2.05) is 53.8 Å². The van der Waals surface area contributed by atoms with E-state index in [1.165, 1.54) is 0 Å². The number of hydrogen-bond donors (Lipinski definition) is 3. The molecule has 2 heterocycles. The normalized spacial score (nSPS) is 19.6. The molecule has 1 aromatic carbocycles. The Balaban J connectivity index is 1.51. The van der Waals surface area contributed by atoms with Crippen molar-refractivity contribution in [3.05, 3.63) is 47.3 Å². The number of amides is 4. The van der Waals surface area contributed by atoms with E-state index in [0.29, 0.717) is 13.1 Å². The van der Waals surface area contributed by atoms with Gasteiger partial charge in [0.05, 0.1) is 17.9 Å².